The number of carboxylic acid groups (broad SMARTS) is 1. The Kier molecular flexibility index (Phi) is 3.05. The van der Waals surface area contributed by atoms with Gasteiger partial charge < -0.3 is 10.4 Å². The molecule has 1 aromatic carbocycles. The Labute approximate surface area is 94.1 Å². The minimum absolute atomic E-state index is 0.901. The predicted molar refractivity (Wildman–Crippen MR) is 63.7 cm³/mol. The summed E-state index contributed by atoms with van der Waals surface area (Å²) in [6.07, 6.45) is 5.81. The number of nitrogens with one attached hydrogen (secondary N) is 1. The van der Waals surface area contributed by atoms with Crippen LogP contribution in [-0.2, 0) is 4.79 Å². The molecule has 2 N–H and O–H groups in total. The molecule has 0 saturated heterocycles. The summed E-state index contributed by atoms with van der Waals surface area (Å²) in [7, 11) is 0. The molecule has 0 aliphatic carbocycles. The van der Waals surface area contributed by atoms with Crippen molar-refractivity contribution in [2.24, 2.45) is 0 Å². The molecular weight excluding hydrogens is 202 g/mol. The van der Waals surface area contributed by atoms with Crippen molar-refractivity contribution < 1.29 is 9.90 Å². The molecule has 1 aliphatic rings. The third-order valence-corrected chi connectivity index (χ3v) is 2.51. The van der Waals surface area contributed by atoms with Crippen LogP contribution in [0.5, 0.6) is 0 Å². The lowest BCUT2D eigenvalue weighted by Gasteiger charge is -2.01. The van der Waals surface area contributed by atoms with Gasteiger partial charge in [0.05, 0.1) is 0 Å². The third-order valence-electron chi connectivity index (χ3n) is 2.51. The number of carbonyl (C=O) groups is 1. The number of rotatable bonds is 3. The molecule has 0 radical (unpaired) electrons. The highest BCUT2D eigenvalue weighted by Crippen LogP contribution is 2.20. The zero-order valence-corrected chi connectivity index (χ0v) is 8.81. The smallest absolute Gasteiger partial charge is 0.328 e. The van der Waals surface area contributed by atoms with Gasteiger partial charge >= 0.3 is 5.97 Å². The average Bonchev–Trinajstić information content (AvgIpc) is 2.80. The predicted octanol–water partition coefficient (Wildman–Crippen LogP) is 2.12. The molecule has 1 heterocycles. The molecular formula is C13H13NO2. The van der Waals surface area contributed by atoms with Crippen LogP contribution >= 0.6 is 0 Å². The maximum Gasteiger partial charge on any atom is 0.328 e. The second kappa shape index (κ2) is 4.66. The first-order valence-corrected chi connectivity index (χ1v) is 5.19. The third kappa shape index (κ3) is 2.51. The molecule has 1 aromatic rings. The summed E-state index contributed by atoms with van der Waals surface area (Å²) in [5.41, 5.74) is 3.39. The van der Waals surface area contributed by atoms with Gasteiger partial charge in [-0.25, -0.2) is 4.79 Å². The van der Waals surface area contributed by atoms with E-state index < -0.39 is 5.97 Å². The number of hydrogen-bond donors (Lipinski definition) is 2. The van der Waals surface area contributed by atoms with Crippen LogP contribution in [0.15, 0.2) is 36.5 Å². The largest absolute Gasteiger partial charge is 0.478 e. The van der Waals surface area contributed by atoms with Crippen LogP contribution < -0.4 is 5.32 Å². The first-order chi connectivity index (χ1) is 7.75. The maximum atomic E-state index is 10.3. The molecule has 3 nitrogen and oxygen atoms in total. The van der Waals surface area contributed by atoms with E-state index in [4.69, 9.17) is 5.11 Å². The molecule has 0 atom stereocenters. The van der Waals surface area contributed by atoms with Crippen LogP contribution in [0.25, 0.3) is 11.6 Å². The van der Waals surface area contributed by atoms with Crippen LogP contribution in [0.2, 0.25) is 0 Å². The standard InChI is InChI=1S/C13H13NO2/c15-13(16)6-3-10-1-4-11(5-2-10)12-7-8-14-9-12/h1-6,9,14H,7-8H2,(H,15,16). The number of aliphatic carboxylic acids is 1. The van der Waals surface area contributed by atoms with Gasteiger partial charge in [-0.15, -0.1) is 0 Å². The van der Waals surface area contributed by atoms with Gasteiger partial charge in [0, 0.05) is 18.8 Å². The molecule has 1 aliphatic heterocycles. The van der Waals surface area contributed by atoms with Crippen LogP contribution in [-0.4, -0.2) is 17.6 Å². The molecule has 16 heavy (non-hydrogen) atoms. The van der Waals surface area contributed by atoms with Crippen molar-refractivity contribution >= 4 is 17.6 Å². The number of hydrogen-bond acceptors (Lipinski definition) is 2. The van der Waals surface area contributed by atoms with Crippen molar-refractivity contribution in [3.63, 3.8) is 0 Å². The van der Waals surface area contributed by atoms with Gasteiger partial charge in [0.1, 0.15) is 0 Å². The van der Waals surface area contributed by atoms with E-state index in [0.29, 0.717) is 0 Å². The fourth-order valence-corrected chi connectivity index (χ4v) is 1.68. The summed E-state index contributed by atoms with van der Waals surface area (Å²) in [5.74, 6) is -0.924. The second-order valence-electron chi connectivity index (χ2n) is 3.67. The van der Waals surface area contributed by atoms with E-state index >= 15 is 0 Å². The molecule has 82 valence electrons. The van der Waals surface area contributed by atoms with Crippen LogP contribution in [0.4, 0.5) is 0 Å². The van der Waals surface area contributed by atoms with Crippen LogP contribution in [0, 0.1) is 0 Å². The van der Waals surface area contributed by atoms with Gasteiger partial charge in [0.15, 0.2) is 0 Å². The molecule has 0 spiro atoms. The highest BCUT2D eigenvalue weighted by molar-refractivity contribution is 5.85. The zero-order valence-electron chi connectivity index (χ0n) is 8.81. The van der Waals surface area contributed by atoms with E-state index in [9.17, 15) is 4.79 Å². The van der Waals surface area contributed by atoms with Crippen molar-refractivity contribution in [1.29, 1.82) is 0 Å². The molecule has 0 saturated carbocycles. The van der Waals surface area contributed by atoms with Crippen LogP contribution in [0.3, 0.4) is 0 Å². The average molecular weight is 215 g/mol. The van der Waals surface area contributed by atoms with Gasteiger partial charge in [-0.2, -0.15) is 0 Å². The van der Waals surface area contributed by atoms with Gasteiger partial charge in [0.25, 0.3) is 0 Å². The van der Waals surface area contributed by atoms with E-state index in [1.165, 1.54) is 11.1 Å². The summed E-state index contributed by atoms with van der Waals surface area (Å²) < 4.78 is 0. The molecule has 3 heteroatoms. The zero-order chi connectivity index (χ0) is 11.4. The van der Waals surface area contributed by atoms with Crippen molar-refractivity contribution in [3.8, 4) is 0 Å². The van der Waals surface area contributed by atoms with Crippen molar-refractivity contribution in [3.05, 3.63) is 47.7 Å². The van der Waals surface area contributed by atoms with E-state index in [2.05, 4.69) is 5.32 Å². The van der Waals surface area contributed by atoms with E-state index in [1.54, 1.807) is 6.08 Å². The Bertz CT molecular complexity index is 444. The molecule has 2 rings (SSSR count). The minimum Gasteiger partial charge on any atom is -0.478 e. The summed E-state index contributed by atoms with van der Waals surface area (Å²) in [6, 6.07) is 7.88. The second-order valence-corrected chi connectivity index (χ2v) is 3.67. The Morgan fingerprint density at radius 2 is 2.06 bits per heavy atom. The van der Waals surface area contributed by atoms with Crippen LogP contribution in [0.1, 0.15) is 17.5 Å². The summed E-state index contributed by atoms with van der Waals surface area (Å²) in [4.78, 5) is 10.3. The quantitative estimate of drug-likeness (QED) is 0.759. The van der Waals surface area contributed by atoms with Crippen molar-refractivity contribution in [2.75, 3.05) is 6.54 Å². The lowest BCUT2D eigenvalue weighted by atomic mass is 10.0. The lowest BCUT2D eigenvalue weighted by molar-refractivity contribution is -0.131. The maximum absolute atomic E-state index is 10.3. The number of carboxylic acids is 1. The van der Waals surface area contributed by atoms with Gasteiger partial charge in [-0.05, 0) is 29.2 Å². The summed E-state index contributed by atoms with van der Waals surface area (Å²) in [6.45, 7) is 0.996. The highest BCUT2D eigenvalue weighted by atomic mass is 16.4. The number of benzene rings is 1. The SMILES string of the molecule is O=C(O)C=Cc1ccc(C2=CNCC2)cc1. The normalized spacial score (nSPS) is 14.9. The summed E-state index contributed by atoms with van der Waals surface area (Å²) >= 11 is 0. The van der Waals surface area contributed by atoms with Crippen molar-refractivity contribution in [1.82, 2.24) is 5.32 Å². The summed E-state index contributed by atoms with van der Waals surface area (Å²) in [5, 5.41) is 11.7. The Morgan fingerprint density at radius 3 is 2.62 bits per heavy atom. The fraction of sp³-hybridized carbons (Fsp3) is 0.154. The molecule has 0 unspecified atom stereocenters. The Hall–Kier alpha value is -2.03. The molecule has 0 amide bonds. The van der Waals surface area contributed by atoms with Gasteiger partial charge in [-0.1, -0.05) is 24.3 Å². The lowest BCUT2D eigenvalue weighted by Crippen LogP contribution is -1.96. The van der Waals surface area contributed by atoms with Crippen molar-refractivity contribution in [2.45, 2.75) is 6.42 Å². The van der Waals surface area contributed by atoms with Gasteiger partial charge in [0.2, 0.25) is 0 Å². The van der Waals surface area contributed by atoms with E-state index in [1.807, 2.05) is 30.5 Å². The molecule has 0 aromatic heterocycles. The van der Waals surface area contributed by atoms with E-state index in [-0.39, 0.29) is 0 Å². The minimum atomic E-state index is -0.924. The fourth-order valence-electron chi connectivity index (χ4n) is 1.68. The monoisotopic (exact) mass is 215 g/mol. The molecule has 0 bridgehead atoms. The molecule has 0 fully saturated rings. The van der Waals surface area contributed by atoms with Gasteiger partial charge in [-0.3, -0.25) is 0 Å². The Balaban J connectivity index is 2.13. The van der Waals surface area contributed by atoms with E-state index in [0.717, 1.165) is 24.6 Å². The Morgan fingerprint density at radius 1 is 1.31 bits per heavy atom. The topological polar surface area (TPSA) is 49.3 Å². The first kappa shape index (κ1) is 10.5. The first-order valence-electron chi connectivity index (χ1n) is 5.19. The highest BCUT2D eigenvalue weighted by Gasteiger charge is 2.05.